The second kappa shape index (κ2) is 7.85. The van der Waals surface area contributed by atoms with Crippen molar-refractivity contribution in [1.29, 1.82) is 0 Å². The van der Waals surface area contributed by atoms with Gasteiger partial charge in [0.1, 0.15) is 5.69 Å². The number of rotatable bonds is 5. The molecule has 7 nitrogen and oxygen atoms in total. The van der Waals surface area contributed by atoms with Gasteiger partial charge in [0.2, 0.25) is 5.78 Å². The number of aromatic nitrogens is 3. The zero-order valence-electron chi connectivity index (χ0n) is 15.2. The summed E-state index contributed by atoms with van der Waals surface area (Å²) >= 11 is 0. The summed E-state index contributed by atoms with van der Waals surface area (Å²) in [4.78, 5) is 21.5. The molecule has 140 valence electrons. The van der Waals surface area contributed by atoms with E-state index >= 15 is 0 Å². The Balaban J connectivity index is 1.47. The van der Waals surface area contributed by atoms with Gasteiger partial charge in [-0.15, -0.1) is 0 Å². The summed E-state index contributed by atoms with van der Waals surface area (Å²) in [5, 5.41) is 3.06. The molecule has 0 saturated carbocycles. The molecule has 2 atom stereocenters. The first-order valence-electron chi connectivity index (χ1n) is 9.06. The molecule has 0 aliphatic carbocycles. The Morgan fingerprint density at radius 2 is 2.19 bits per heavy atom. The van der Waals surface area contributed by atoms with Crippen molar-refractivity contribution >= 4 is 11.7 Å². The molecule has 27 heavy (non-hydrogen) atoms. The zero-order chi connectivity index (χ0) is 18.6. The molecular formula is C20H22N4O3. The minimum Gasteiger partial charge on any atom is -0.379 e. The van der Waals surface area contributed by atoms with Crippen LogP contribution in [0.1, 0.15) is 28.2 Å². The number of hydrogen-bond acceptors (Lipinski definition) is 5. The lowest BCUT2D eigenvalue weighted by atomic mass is 10.1. The molecule has 0 spiro atoms. The van der Waals surface area contributed by atoms with Gasteiger partial charge in [-0.25, -0.2) is 9.97 Å². The summed E-state index contributed by atoms with van der Waals surface area (Å²) in [7, 11) is 0. The van der Waals surface area contributed by atoms with Crippen LogP contribution in [0.3, 0.4) is 0 Å². The van der Waals surface area contributed by atoms with Crippen molar-refractivity contribution in [1.82, 2.24) is 19.7 Å². The van der Waals surface area contributed by atoms with Crippen molar-refractivity contribution in [2.75, 3.05) is 13.2 Å². The Bertz CT molecular complexity index is 925. The highest BCUT2D eigenvalue weighted by atomic mass is 16.5. The smallest absolute Gasteiger partial charge is 0.270 e. The van der Waals surface area contributed by atoms with Crippen LogP contribution in [0.15, 0.2) is 48.8 Å². The van der Waals surface area contributed by atoms with Gasteiger partial charge in [-0.2, -0.15) is 0 Å². The maximum Gasteiger partial charge on any atom is 0.270 e. The van der Waals surface area contributed by atoms with E-state index in [9.17, 15) is 4.79 Å². The average molecular weight is 366 g/mol. The van der Waals surface area contributed by atoms with Gasteiger partial charge in [0.25, 0.3) is 5.91 Å². The van der Waals surface area contributed by atoms with Crippen LogP contribution in [0.25, 0.3) is 5.78 Å². The van der Waals surface area contributed by atoms with E-state index in [0.717, 1.165) is 12.0 Å². The maximum atomic E-state index is 12.9. The minimum atomic E-state index is -0.211. The third-order valence-corrected chi connectivity index (χ3v) is 4.71. The molecule has 7 heteroatoms. The first kappa shape index (κ1) is 17.6. The molecule has 0 radical (unpaired) electrons. The lowest BCUT2D eigenvalue weighted by Gasteiger charge is -2.32. The van der Waals surface area contributed by atoms with Gasteiger partial charge in [-0.3, -0.25) is 9.20 Å². The van der Waals surface area contributed by atoms with E-state index in [4.69, 9.17) is 9.47 Å². The van der Waals surface area contributed by atoms with Crippen molar-refractivity contribution in [2.45, 2.75) is 32.1 Å². The Morgan fingerprint density at radius 1 is 1.33 bits per heavy atom. The molecule has 4 rings (SSSR count). The number of aryl methyl sites for hydroxylation is 1. The van der Waals surface area contributed by atoms with E-state index in [1.807, 2.05) is 37.3 Å². The fourth-order valence-electron chi connectivity index (χ4n) is 3.34. The number of hydrogen-bond donors (Lipinski definition) is 1. The summed E-state index contributed by atoms with van der Waals surface area (Å²) in [5.41, 5.74) is 2.24. The molecular weight excluding hydrogens is 344 g/mol. The van der Waals surface area contributed by atoms with Crippen LogP contribution in [0.4, 0.5) is 0 Å². The van der Waals surface area contributed by atoms with E-state index in [-0.39, 0.29) is 18.1 Å². The highest BCUT2D eigenvalue weighted by molar-refractivity contribution is 5.94. The first-order chi connectivity index (χ1) is 13.2. The molecule has 2 unspecified atom stereocenters. The molecule has 1 amide bonds. The largest absolute Gasteiger partial charge is 0.379 e. The Labute approximate surface area is 157 Å². The summed E-state index contributed by atoms with van der Waals surface area (Å²) in [6.45, 7) is 3.38. The fraction of sp³-hybridized carbons (Fsp3) is 0.350. The molecule has 3 aromatic rings. The standard InChI is InChI=1S/C20H22N4O3/c1-14-18(24-10-5-9-21-20(24)22-14)19(25)23-16-13-26-11-8-17(16)27-12-15-6-3-2-4-7-15/h2-7,9-10,16-17H,8,11-13H2,1H3,(H,23,25). The maximum absolute atomic E-state index is 12.9. The van der Waals surface area contributed by atoms with E-state index in [2.05, 4.69) is 15.3 Å². The Kier molecular flexibility index (Phi) is 5.13. The van der Waals surface area contributed by atoms with Gasteiger partial charge >= 0.3 is 0 Å². The first-order valence-corrected chi connectivity index (χ1v) is 9.06. The van der Waals surface area contributed by atoms with Crippen molar-refractivity contribution in [2.24, 2.45) is 0 Å². The molecule has 2 aromatic heterocycles. The lowest BCUT2D eigenvalue weighted by molar-refractivity contribution is -0.0605. The molecule has 1 aromatic carbocycles. The van der Waals surface area contributed by atoms with Gasteiger partial charge in [0, 0.05) is 19.0 Å². The number of imidazole rings is 1. The third kappa shape index (κ3) is 3.84. The molecule has 3 heterocycles. The number of carbonyl (C=O) groups excluding carboxylic acids is 1. The lowest BCUT2D eigenvalue weighted by Crippen LogP contribution is -2.50. The van der Waals surface area contributed by atoms with E-state index < -0.39 is 0 Å². The molecule has 1 aliphatic rings. The van der Waals surface area contributed by atoms with Gasteiger partial charge < -0.3 is 14.8 Å². The number of nitrogens with zero attached hydrogens (tertiary/aromatic N) is 3. The second-order valence-corrected chi connectivity index (χ2v) is 6.61. The highest BCUT2D eigenvalue weighted by Gasteiger charge is 2.29. The van der Waals surface area contributed by atoms with E-state index in [1.54, 1.807) is 22.9 Å². The summed E-state index contributed by atoms with van der Waals surface area (Å²) in [6.07, 6.45) is 4.09. The number of amides is 1. The number of fused-ring (bicyclic) bond motifs is 1. The normalized spacial score (nSPS) is 19.9. The Morgan fingerprint density at radius 3 is 3.04 bits per heavy atom. The SMILES string of the molecule is Cc1nc2ncccn2c1C(=O)NC1COCCC1OCc1ccccc1. The van der Waals surface area contributed by atoms with Crippen molar-refractivity contribution in [3.63, 3.8) is 0 Å². The predicted molar refractivity (Wildman–Crippen MR) is 99.4 cm³/mol. The van der Waals surface area contributed by atoms with Crippen LogP contribution in [0.2, 0.25) is 0 Å². The topological polar surface area (TPSA) is 77.8 Å². The van der Waals surface area contributed by atoms with Gasteiger partial charge in [-0.1, -0.05) is 30.3 Å². The van der Waals surface area contributed by atoms with Crippen molar-refractivity contribution in [3.8, 4) is 0 Å². The average Bonchev–Trinajstić information content (AvgIpc) is 3.04. The third-order valence-electron chi connectivity index (χ3n) is 4.71. The molecule has 1 N–H and O–H groups in total. The fourth-order valence-corrected chi connectivity index (χ4v) is 3.34. The molecule has 1 saturated heterocycles. The van der Waals surface area contributed by atoms with Crippen LogP contribution in [0, 0.1) is 6.92 Å². The minimum absolute atomic E-state index is 0.0967. The molecule has 1 aliphatic heterocycles. The summed E-state index contributed by atoms with van der Waals surface area (Å²) in [6, 6.07) is 11.6. The van der Waals surface area contributed by atoms with Crippen LogP contribution in [-0.2, 0) is 16.1 Å². The van der Waals surface area contributed by atoms with Gasteiger partial charge in [0.05, 0.1) is 31.1 Å². The van der Waals surface area contributed by atoms with Gasteiger partial charge in [-0.05, 0) is 25.0 Å². The van der Waals surface area contributed by atoms with E-state index in [0.29, 0.717) is 37.0 Å². The van der Waals surface area contributed by atoms with Crippen molar-refractivity contribution < 1.29 is 14.3 Å². The second-order valence-electron chi connectivity index (χ2n) is 6.61. The van der Waals surface area contributed by atoms with E-state index in [1.165, 1.54) is 0 Å². The quantitative estimate of drug-likeness (QED) is 0.749. The Hall–Kier alpha value is -2.77. The highest BCUT2D eigenvalue weighted by Crippen LogP contribution is 2.16. The monoisotopic (exact) mass is 366 g/mol. The zero-order valence-corrected chi connectivity index (χ0v) is 15.2. The van der Waals surface area contributed by atoms with Crippen LogP contribution >= 0.6 is 0 Å². The van der Waals surface area contributed by atoms with Crippen LogP contribution < -0.4 is 5.32 Å². The number of ether oxygens (including phenoxy) is 2. The van der Waals surface area contributed by atoms with Gasteiger partial charge in [0.15, 0.2) is 0 Å². The van der Waals surface area contributed by atoms with Crippen LogP contribution in [-0.4, -0.2) is 45.6 Å². The number of benzene rings is 1. The number of carbonyl (C=O) groups is 1. The summed E-state index contributed by atoms with van der Waals surface area (Å²) < 4.78 is 13.4. The number of nitrogens with one attached hydrogen (secondary N) is 1. The van der Waals surface area contributed by atoms with Crippen LogP contribution in [0.5, 0.6) is 0 Å². The predicted octanol–water partition coefficient (Wildman–Crippen LogP) is 2.14. The molecule has 0 bridgehead atoms. The van der Waals surface area contributed by atoms with Crippen molar-refractivity contribution in [3.05, 3.63) is 65.7 Å². The molecule has 1 fully saturated rings. The summed E-state index contributed by atoms with van der Waals surface area (Å²) in [5.74, 6) is 0.314.